The van der Waals surface area contributed by atoms with Gasteiger partial charge in [0.2, 0.25) is 0 Å². The van der Waals surface area contributed by atoms with Crippen molar-refractivity contribution in [1.29, 1.82) is 0 Å². The Morgan fingerprint density at radius 3 is 1.02 bits per heavy atom. The Labute approximate surface area is 519 Å². The fourth-order valence-corrected chi connectivity index (χ4v) is 24.3. The molecule has 0 saturated carbocycles. The van der Waals surface area contributed by atoms with Crippen molar-refractivity contribution < 1.29 is 20.8 Å². The summed E-state index contributed by atoms with van der Waals surface area (Å²) in [7, 11) is 14.8. The zero-order valence-electron chi connectivity index (χ0n) is 51.2. The average Bonchev–Trinajstić information content (AvgIpc) is 4.31. The van der Waals surface area contributed by atoms with Gasteiger partial charge in [0.05, 0.1) is 16.1 Å². The fraction of sp³-hybridized carbons (Fsp3) is 0.216. The molecule has 0 spiro atoms. The molecule has 0 N–H and O–H groups in total. The fourth-order valence-electron chi connectivity index (χ4n) is 14.7. The van der Waals surface area contributed by atoms with Gasteiger partial charge in [0.15, 0.2) is 0 Å². The summed E-state index contributed by atoms with van der Waals surface area (Å²) in [5, 5.41) is 1.65. The molecule has 8 aromatic rings. The minimum atomic E-state index is -1.97. The van der Waals surface area contributed by atoms with Gasteiger partial charge in [-0.3, -0.25) is 0 Å². The Hall–Kier alpha value is -6.18. The van der Waals surface area contributed by atoms with Crippen LogP contribution in [0.2, 0.25) is 26.2 Å². The van der Waals surface area contributed by atoms with Crippen molar-refractivity contribution >= 4 is 102 Å². The number of allylic oxidation sites excluding steroid dienone is 4. The number of benzene rings is 8. The van der Waals surface area contributed by atoms with Crippen LogP contribution in [0.15, 0.2) is 216 Å². The number of rotatable bonds is 12. The van der Waals surface area contributed by atoms with Crippen molar-refractivity contribution in [3.05, 3.63) is 276 Å². The minimum absolute atomic E-state index is 0. The summed E-state index contributed by atoms with van der Waals surface area (Å²) in [6, 6.07) is 70.5. The molecule has 4 aliphatic rings. The van der Waals surface area contributed by atoms with E-state index >= 15 is 0 Å². The number of halogens is 2. The molecule has 0 heterocycles. The van der Waals surface area contributed by atoms with Crippen molar-refractivity contribution in [3.63, 3.8) is 0 Å². The van der Waals surface area contributed by atoms with Crippen LogP contribution in [0.5, 0.6) is 0 Å². The van der Waals surface area contributed by atoms with E-state index in [0.29, 0.717) is 16.6 Å². The molecule has 9 heteroatoms. The number of fused-ring (bicyclic) bond motifs is 4. The predicted molar refractivity (Wildman–Crippen MR) is 369 cm³/mol. The van der Waals surface area contributed by atoms with E-state index in [2.05, 4.69) is 314 Å². The van der Waals surface area contributed by atoms with Crippen LogP contribution in [-0.4, -0.2) is 44.3 Å². The monoisotopic (exact) mass is 1240 g/mol. The number of anilines is 8. The van der Waals surface area contributed by atoms with Gasteiger partial charge < -0.3 is 34.5 Å². The molecule has 3 atom stereocenters. The van der Waals surface area contributed by atoms with Crippen LogP contribution < -0.4 is 19.6 Å². The third-order valence-corrected chi connectivity index (χ3v) is 26.6. The van der Waals surface area contributed by atoms with E-state index in [1.54, 1.807) is 10.8 Å². The van der Waals surface area contributed by atoms with Gasteiger partial charge in [-0.05, 0) is 135 Å². The van der Waals surface area contributed by atoms with Crippen molar-refractivity contribution in [1.82, 2.24) is 0 Å². The Morgan fingerprint density at radius 1 is 0.386 bits per heavy atom. The van der Waals surface area contributed by atoms with Gasteiger partial charge in [0.25, 0.3) is 0 Å². The van der Waals surface area contributed by atoms with Crippen LogP contribution in [0.25, 0.3) is 23.4 Å². The summed E-state index contributed by atoms with van der Waals surface area (Å²) >= 11 is -0.826. The molecule has 0 aromatic heterocycles. The molecular weight excluding hydrogens is 1160 g/mol. The van der Waals surface area contributed by atoms with Gasteiger partial charge >= 0.3 is 37.9 Å². The van der Waals surface area contributed by atoms with Gasteiger partial charge in [0.1, 0.15) is 0 Å². The number of para-hydroxylation sites is 4. The first-order valence-electron chi connectivity index (χ1n) is 28.4. The van der Waals surface area contributed by atoms with Crippen molar-refractivity contribution in [2.24, 2.45) is 0 Å². The second-order valence-corrected chi connectivity index (χ2v) is 36.7. The van der Waals surface area contributed by atoms with Gasteiger partial charge in [-0.2, -0.15) is 0 Å². The van der Waals surface area contributed by atoms with E-state index < -0.39 is 37.0 Å². The number of hydrogen-bond acceptors (Lipinski definition) is 4. The normalized spacial score (nSPS) is 16.1. The second-order valence-electron chi connectivity index (χ2n) is 23.6. The van der Waals surface area contributed by atoms with E-state index in [1.165, 1.54) is 107 Å². The predicted octanol–water partition coefficient (Wildman–Crippen LogP) is 21.5. The van der Waals surface area contributed by atoms with Gasteiger partial charge in [0, 0.05) is 107 Å². The molecule has 12 rings (SSSR count). The molecule has 424 valence electrons. The molecule has 4 nitrogen and oxygen atoms in total. The first kappa shape index (κ1) is 62.9. The first-order valence-corrected chi connectivity index (χ1v) is 40.9. The van der Waals surface area contributed by atoms with Crippen molar-refractivity contribution in [2.75, 3.05) is 47.8 Å². The van der Waals surface area contributed by atoms with Gasteiger partial charge in [-0.15, -0.1) is 0 Å². The SMILES string of the molecule is CC1=Cc2c(cccc2N(C)c2ccccc2)C1[Si](C)(C)C1=C(C)Cc2c1cccc2N(C)c1ccccc1.CC1=Cc2c(cccc2N(C)c2ccccc2)C1[Si](C)(C)C1C(C)=Cc2c1cccc2N(C)c1ccccc1.[CH3-].[CH3-].[Cl][Zr+2][Cl]. The van der Waals surface area contributed by atoms with Crippen LogP contribution in [-0.2, 0) is 27.3 Å². The summed E-state index contributed by atoms with van der Waals surface area (Å²) in [6.07, 6.45) is 8.44. The van der Waals surface area contributed by atoms with Crippen LogP contribution in [0, 0.1) is 14.9 Å². The maximum absolute atomic E-state index is 4.93. The quantitative estimate of drug-likeness (QED) is 0.0893. The topological polar surface area (TPSA) is 13.0 Å². The summed E-state index contributed by atoms with van der Waals surface area (Å²) in [4.78, 5) is 9.36. The van der Waals surface area contributed by atoms with Crippen LogP contribution >= 0.6 is 17.0 Å². The molecule has 3 unspecified atom stereocenters. The number of hydrogen-bond donors (Lipinski definition) is 0. The summed E-state index contributed by atoms with van der Waals surface area (Å²) in [6.45, 7) is 19.9. The molecule has 0 bridgehead atoms. The third-order valence-electron chi connectivity index (χ3n) is 17.9. The molecule has 0 radical (unpaired) electrons. The zero-order chi connectivity index (χ0) is 57.3. The Kier molecular flexibility index (Phi) is 20.0. The Bertz CT molecular complexity index is 3590. The molecule has 0 fully saturated rings. The van der Waals surface area contributed by atoms with E-state index in [0.717, 1.165) is 6.42 Å². The molecule has 83 heavy (non-hydrogen) atoms. The maximum atomic E-state index is 4.93. The molecule has 0 aliphatic heterocycles. The number of nitrogens with zero attached hydrogens (tertiary/aromatic N) is 4. The Balaban J connectivity index is 0.000000202. The van der Waals surface area contributed by atoms with E-state index in [9.17, 15) is 0 Å². The van der Waals surface area contributed by atoms with E-state index in [1.807, 2.05) is 0 Å². The molecule has 8 aromatic carbocycles. The van der Waals surface area contributed by atoms with E-state index in [-0.39, 0.29) is 14.9 Å². The zero-order valence-corrected chi connectivity index (χ0v) is 57.2. The van der Waals surface area contributed by atoms with Crippen LogP contribution in [0.1, 0.15) is 88.8 Å². The molecule has 0 saturated heterocycles. The molecular formula is C74H82Cl2N4Si2Zr. The van der Waals surface area contributed by atoms with Gasteiger partial charge in [-0.25, -0.2) is 0 Å². The molecule has 0 amide bonds. The van der Waals surface area contributed by atoms with Crippen molar-refractivity contribution in [2.45, 2.75) is 76.9 Å². The summed E-state index contributed by atoms with van der Waals surface area (Å²) in [5.74, 6) is 0. The third kappa shape index (κ3) is 12.0. The average molecular weight is 1250 g/mol. The molecule has 4 aliphatic carbocycles. The van der Waals surface area contributed by atoms with Crippen LogP contribution in [0.3, 0.4) is 0 Å². The van der Waals surface area contributed by atoms with Crippen LogP contribution in [0.4, 0.5) is 45.5 Å². The van der Waals surface area contributed by atoms with E-state index in [4.69, 9.17) is 17.0 Å². The first-order chi connectivity index (χ1) is 39.0. The Morgan fingerprint density at radius 2 is 0.675 bits per heavy atom. The standard InChI is InChI=1S/2C36H38N2Si.2CH3.2ClH.Zr/c2*1-25-23-31-29(19-13-21-33(31)37(3)27-15-9-7-10-16-27)35(25)39(5,6)36-26(2)24-32-30(36)20-14-22-34(32)38(4)28-17-11-8-12-18-28;;;;;/h7-23,35H,24H2,1-6H3;7-24,35-36H,1-6H3;2*1H3;2*1H;/q;;2*-1;;;+4/p-2. The second kappa shape index (κ2) is 26.4. The van der Waals surface area contributed by atoms with Crippen molar-refractivity contribution in [3.8, 4) is 0 Å². The summed E-state index contributed by atoms with van der Waals surface area (Å²) in [5.41, 5.74) is 29.2. The van der Waals surface area contributed by atoms with Gasteiger partial charge in [-0.1, -0.05) is 193 Å². The summed E-state index contributed by atoms with van der Waals surface area (Å²) < 4.78 is 0.